The summed E-state index contributed by atoms with van der Waals surface area (Å²) in [5.41, 5.74) is 5.80. The van der Waals surface area contributed by atoms with Crippen LogP contribution in [0.3, 0.4) is 0 Å². The fourth-order valence-corrected chi connectivity index (χ4v) is 1.68. The van der Waals surface area contributed by atoms with E-state index >= 15 is 0 Å². The lowest BCUT2D eigenvalue weighted by atomic mass is 10.2. The number of rotatable bonds is 5. The van der Waals surface area contributed by atoms with Crippen LogP contribution in [-0.4, -0.2) is 22.8 Å². The van der Waals surface area contributed by atoms with Gasteiger partial charge in [-0.15, -0.1) is 0 Å². The molecule has 5 heteroatoms. The number of primary amides is 1. The summed E-state index contributed by atoms with van der Waals surface area (Å²) in [6, 6.07) is 16.0. The predicted molar refractivity (Wildman–Crippen MR) is 80.1 cm³/mol. The molecule has 0 spiro atoms. The summed E-state index contributed by atoms with van der Waals surface area (Å²) in [6.07, 6.45) is 3.40. The molecule has 2 rings (SSSR count). The first-order chi connectivity index (χ1) is 10.1. The Kier molecular flexibility index (Phi) is 4.95. The third-order valence-electron chi connectivity index (χ3n) is 2.68. The largest absolute Gasteiger partial charge is 0.457 e. The molecule has 0 aliphatic rings. The summed E-state index contributed by atoms with van der Waals surface area (Å²) < 4.78 is 5.72. The van der Waals surface area contributed by atoms with E-state index in [0.717, 1.165) is 11.3 Å². The molecule has 2 amide bonds. The molecule has 3 N–H and O–H groups in total. The number of benzene rings is 2. The van der Waals surface area contributed by atoms with E-state index < -0.39 is 6.03 Å². The van der Waals surface area contributed by atoms with Crippen LogP contribution in [0.4, 0.5) is 4.79 Å². The summed E-state index contributed by atoms with van der Waals surface area (Å²) >= 11 is 0. The molecular formula is C16H16N2O3. The minimum atomic E-state index is -0.888. The van der Waals surface area contributed by atoms with Crippen LogP contribution in [0, 0.1) is 0 Å². The fourth-order valence-electron chi connectivity index (χ4n) is 1.68. The number of nitrogens with two attached hydrogens (primary N) is 1. The van der Waals surface area contributed by atoms with Crippen molar-refractivity contribution in [3.05, 3.63) is 66.2 Å². The average Bonchev–Trinajstić information content (AvgIpc) is 2.48. The zero-order valence-electron chi connectivity index (χ0n) is 11.3. The Bertz CT molecular complexity index is 626. The van der Waals surface area contributed by atoms with Crippen molar-refractivity contribution in [3.8, 4) is 11.5 Å². The Hall–Kier alpha value is -2.79. The monoisotopic (exact) mass is 284 g/mol. The van der Waals surface area contributed by atoms with Gasteiger partial charge in [0.05, 0.1) is 6.54 Å². The molecule has 108 valence electrons. The SMILES string of the molecule is NC(=O)N(O)C/C=C/c1cccc(Oc2ccccc2)c1. The van der Waals surface area contributed by atoms with Crippen molar-refractivity contribution in [2.75, 3.05) is 6.54 Å². The number of hydrogen-bond donors (Lipinski definition) is 2. The first-order valence-corrected chi connectivity index (χ1v) is 6.40. The van der Waals surface area contributed by atoms with Crippen LogP contribution in [-0.2, 0) is 0 Å². The highest BCUT2D eigenvalue weighted by Crippen LogP contribution is 2.22. The van der Waals surface area contributed by atoms with Crippen molar-refractivity contribution in [1.82, 2.24) is 5.06 Å². The number of carbonyl (C=O) groups excluding carboxylic acids is 1. The first-order valence-electron chi connectivity index (χ1n) is 6.40. The van der Waals surface area contributed by atoms with Gasteiger partial charge in [-0.05, 0) is 29.8 Å². The molecule has 2 aromatic carbocycles. The molecule has 5 nitrogen and oxygen atoms in total. The van der Waals surface area contributed by atoms with Gasteiger partial charge in [0.2, 0.25) is 0 Å². The number of ether oxygens (including phenoxy) is 1. The van der Waals surface area contributed by atoms with Crippen LogP contribution in [0.25, 0.3) is 6.08 Å². The highest BCUT2D eigenvalue weighted by Gasteiger charge is 2.01. The van der Waals surface area contributed by atoms with Crippen molar-refractivity contribution in [3.63, 3.8) is 0 Å². The first kappa shape index (κ1) is 14.6. The van der Waals surface area contributed by atoms with E-state index in [1.165, 1.54) is 0 Å². The molecule has 0 fully saturated rings. The predicted octanol–water partition coefficient (Wildman–Crippen LogP) is 3.26. The zero-order valence-corrected chi connectivity index (χ0v) is 11.3. The second kappa shape index (κ2) is 7.12. The van der Waals surface area contributed by atoms with Gasteiger partial charge in [0, 0.05) is 0 Å². The van der Waals surface area contributed by atoms with Gasteiger partial charge >= 0.3 is 6.03 Å². The van der Waals surface area contributed by atoms with Crippen LogP contribution in [0.2, 0.25) is 0 Å². The normalized spacial score (nSPS) is 10.5. The molecule has 0 saturated carbocycles. The molecule has 0 aliphatic carbocycles. The number of hydroxylamine groups is 2. The van der Waals surface area contributed by atoms with Gasteiger partial charge in [-0.25, -0.2) is 9.86 Å². The standard InChI is InChI=1S/C16H16N2O3/c17-16(19)18(20)11-5-7-13-6-4-10-15(12-13)21-14-8-2-1-3-9-14/h1-10,12,20H,11H2,(H2,17,19)/b7-5+. The number of nitrogens with zero attached hydrogens (tertiary/aromatic N) is 1. The smallest absolute Gasteiger partial charge is 0.338 e. The van der Waals surface area contributed by atoms with Gasteiger partial charge < -0.3 is 10.5 Å². The third-order valence-corrected chi connectivity index (χ3v) is 2.68. The molecule has 0 saturated heterocycles. The fraction of sp³-hybridized carbons (Fsp3) is 0.0625. The number of hydrogen-bond acceptors (Lipinski definition) is 3. The summed E-state index contributed by atoms with van der Waals surface area (Å²) in [5, 5.41) is 9.57. The summed E-state index contributed by atoms with van der Waals surface area (Å²) in [7, 11) is 0. The van der Waals surface area contributed by atoms with Crippen molar-refractivity contribution >= 4 is 12.1 Å². The van der Waals surface area contributed by atoms with Crippen LogP contribution < -0.4 is 10.5 Å². The van der Waals surface area contributed by atoms with Gasteiger partial charge in [-0.3, -0.25) is 5.21 Å². The number of urea groups is 1. The Labute approximate surface area is 122 Å². The van der Waals surface area contributed by atoms with E-state index in [-0.39, 0.29) is 6.54 Å². The molecule has 0 radical (unpaired) electrons. The van der Waals surface area contributed by atoms with Crippen LogP contribution >= 0.6 is 0 Å². The molecule has 0 heterocycles. The molecule has 0 aromatic heterocycles. The number of amides is 2. The topological polar surface area (TPSA) is 75.8 Å². The lowest BCUT2D eigenvalue weighted by molar-refractivity contribution is -0.0286. The maximum absolute atomic E-state index is 10.6. The second-order valence-corrected chi connectivity index (χ2v) is 4.31. The molecule has 21 heavy (non-hydrogen) atoms. The van der Waals surface area contributed by atoms with E-state index in [9.17, 15) is 4.79 Å². The number of para-hydroxylation sites is 1. The molecule has 0 unspecified atom stereocenters. The van der Waals surface area contributed by atoms with Crippen molar-refractivity contribution < 1.29 is 14.7 Å². The highest BCUT2D eigenvalue weighted by molar-refractivity contribution is 5.70. The van der Waals surface area contributed by atoms with E-state index in [1.807, 2.05) is 54.6 Å². The van der Waals surface area contributed by atoms with Crippen molar-refractivity contribution in [2.45, 2.75) is 0 Å². The van der Waals surface area contributed by atoms with Gasteiger partial charge in [0.25, 0.3) is 0 Å². The van der Waals surface area contributed by atoms with E-state index in [2.05, 4.69) is 0 Å². The molecule has 0 bridgehead atoms. The maximum atomic E-state index is 10.6. The van der Waals surface area contributed by atoms with E-state index in [4.69, 9.17) is 15.7 Å². The van der Waals surface area contributed by atoms with Crippen molar-refractivity contribution in [2.24, 2.45) is 5.73 Å². The van der Waals surface area contributed by atoms with Crippen molar-refractivity contribution in [1.29, 1.82) is 0 Å². The van der Waals surface area contributed by atoms with Crippen LogP contribution in [0.5, 0.6) is 11.5 Å². The lowest BCUT2D eigenvalue weighted by Crippen LogP contribution is -2.32. The molecule has 0 atom stereocenters. The summed E-state index contributed by atoms with van der Waals surface area (Å²) in [6.45, 7) is 0.0269. The second-order valence-electron chi connectivity index (χ2n) is 4.31. The van der Waals surface area contributed by atoms with E-state index in [1.54, 1.807) is 12.2 Å². The van der Waals surface area contributed by atoms with Crippen LogP contribution in [0.15, 0.2) is 60.7 Å². The average molecular weight is 284 g/mol. The Balaban J connectivity index is 2.01. The van der Waals surface area contributed by atoms with Gasteiger partial charge in [0.1, 0.15) is 11.5 Å². The van der Waals surface area contributed by atoms with Gasteiger partial charge in [0.15, 0.2) is 0 Å². The summed E-state index contributed by atoms with van der Waals surface area (Å²) in [5.74, 6) is 1.47. The molecule has 0 aliphatic heterocycles. The quantitative estimate of drug-likeness (QED) is 0.653. The number of carbonyl (C=O) groups is 1. The maximum Gasteiger partial charge on any atom is 0.338 e. The third kappa shape index (κ3) is 4.67. The lowest BCUT2D eigenvalue weighted by Gasteiger charge is -2.08. The van der Waals surface area contributed by atoms with E-state index in [0.29, 0.717) is 10.8 Å². The Morgan fingerprint density at radius 3 is 2.57 bits per heavy atom. The summed E-state index contributed by atoms with van der Waals surface area (Å²) in [4.78, 5) is 10.6. The Morgan fingerprint density at radius 1 is 1.14 bits per heavy atom. The minimum Gasteiger partial charge on any atom is -0.457 e. The van der Waals surface area contributed by atoms with Gasteiger partial charge in [-0.2, -0.15) is 0 Å². The molecule has 2 aromatic rings. The van der Waals surface area contributed by atoms with Crippen LogP contribution in [0.1, 0.15) is 5.56 Å². The van der Waals surface area contributed by atoms with Gasteiger partial charge in [-0.1, -0.05) is 42.5 Å². The molecular weight excluding hydrogens is 268 g/mol. The highest BCUT2D eigenvalue weighted by atomic mass is 16.5. The Morgan fingerprint density at radius 2 is 1.86 bits per heavy atom. The minimum absolute atomic E-state index is 0.0269. The zero-order chi connectivity index (χ0) is 15.1.